The first-order chi connectivity index (χ1) is 6.19. The number of rotatable bonds is 3. The van der Waals surface area contributed by atoms with Gasteiger partial charge in [0.05, 0.1) is 5.92 Å². The molecule has 1 aromatic carbocycles. The third-order valence-electron chi connectivity index (χ3n) is 1.85. The summed E-state index contributed by atoms with van der Waals surface area (Å²) in [5, 5.41) is 18.1. The Morgan fingerprint density at radius 2 is 1.93 bits per heavy atom. The fraction of sp³-hybridized carbons (Fsp3) is 0.222. The molecule has 15 heavy (non-hydrogen) atoms. The minimum absolute atomic E-state index is 0. The quantitative estimate of drug-likeness (QED) is 0.434. The maximum absolute atomic E-state index is 10.5. The molecule has 4 nitrogen and oxygen atoms in total. The number of carbonyl (C=O) groups is 1. The molecule has 0 aliphatic rings. The second-order valence-electron chi connectivity index (χ2n) is 2.73. The number of hydrogen-bond acceptors (Lipinski definition) is 4. The smallest absolute Gasteiger partial charge is 0.157 e. The van der Waals surface area contributed by atoms with Crippen LogP contribution in [0.5, 0.6) is 11.5 Å². The summed E-state index contributed by atoms with van der Waals surface area (Å²) in [6.07, 6.45) is 0.714. The SMILES string of the molecule is Cl.NCC(C=O)c1ccc(O)c(O)c1.[Zn]. The van der Waals surface area contributed by atoms with Gasteiger partial charge in [0.15, 0.2) is 11.5 Å². The van der Waals surface area contributed by atoms with Crippen LogP contribution in [0.1, 0.15) is 11.5 Å². The molecule has 1 unspecified atom stereocenters. The minimum Gasteiger partial charge on any atom is -0.504 e. The molecule has 0 heterocycles. The van der Waals surface area contributed by atoms with Crippen LogP contribution in [-0.4, -0.2) is 23.0 Å². The van der Waals surface area contributed by atoms with E-state index < -0.39 is 5.92 Å². The van der Waals surface area contributed by atoms with E-state index in [1.54, 1.807) is 6.07 Å². The Balaban J connectivity index is 0. The zero-order valence-electron chi connectivity index (χ0n) is 8.09. The fourth-order valence-electron chi connectivity index (χ4n) is 1.04. The number of phenolic OH excluding ortho intramolecular Hbond substituents is 2. The summed E-state index contributed by atoms with van der Waals surface area (Å²) in [6, 6.07) is 4.22. The fourth-order valence-corrected chi connectivity index (χ4v) is 1.04. The third-order valence-corrected chi connectivity index (χ3v) is 1.85. The van der Waals surface area contributed by atoms with E-state index in [1.165, 1.54) is 12.1 Å². The molecule has 0 saturated carbocycles. The van der Waals surface area contributed by atoms with Gasteiger partial charge in [-0.15, -0.1) is 12.4 Å². The van der Waals surface area contributed by atoms with Crippen LogP contribution < -0.4 is 5.73 Å². The van der Waals surface area contributed by atoms with Gasteiger partial charge in [-0.2, -0.15) is 0 Å². The number of carbonyl (C=O) groups excluding carboxylic acids is 1. The monoisotopic (exact) mass is 281 g/mol. The Labute approximate surface area is 107 Å². The van der Waals surface area contributed by atoms with E-state index in [0.29, 0.717) is 11.8 Å². The predicted molar refractivity (Wildman–Crippen MR) is 54.9 cm³/mol. The Morgan fingerprint density at radius 3 is 2.33 bits per heavy atom. The summed E-state index contributed by atoms with van der Waals surface area (Å²) in [5.74, 6) is -0.866. The summed E-state index contributed by atoms with van der Waals surface area (Å²) >= 11 is 0. The van der Waals surface area contributed by atoms with Crippen LogP contribution in [0.15, 0.2) is 18.2 Å². The second kappa shape index (κ2) is 7.63. The molecule has 0 bridgehead atoms. The topological polar surface area (TPSA) is 83.6 Å². The van der Waals surface area contributed by atoms with E-state index in [-0.39, 0.29) is 49.9 Å². The molecular weight excluding hydrogens is 271 g/mol. The standard InChI is InChI=1S/C9H11NO3.ClH.Zn/c10-4-7(5-11)6-1-2-8(12)9(13)3-6;;/h1-3,5,7,12-13H,4,10H2;1H;. The predicted octanol–water partition coefficient (Wildman–Crippen LogP) is 0.758. The van der Waals surface area contributed by atoms with Crippen molar-refractivity contribution >= 4 is 18.7 Å². The number of benzene rings is 1. The van der Waals surface area contributed by atoms with Crippen molar-refractivity contribution in [2.45, 2.75) is 5.92 Å². The summed E-state index contributed by atoms with van der Waals surface area (Å²) in [5.41, 5.74) is 5.93. The van der Waals surface area contributed by atoms with Gasteiger partial charge in [-0.1, -0.05) is 6.07 Å². The molecule has 0 amide bonds. The van der Waals surface area contributed by atoms with Crippen LogP contribution in [0, 0.1) is 0 Å². The molecule has 0 saturated heterocycles. The molecule has 0 fully saturated rings. The van der Waals surface area contributed by atoms with Crippen molar-refractivity contribution in [3.05, 3.63) is 23.8 Å². The maximum Gasteiger partial charge on any atom is 0.157 e. The van der Waals surface area contributed by atoms with Crippen LogP contribution >= 0.6 is 12.4 Å². The van der Waals surface area contributed by atoms with Crippen molar-refractivity contribution in [2.75, 3.05) is 6.54 Å². The van der Waals surface area contributed by atoms with Crippen LogP contribution in [0.25, 0.3) is 0 Å². The molecule has 4 N–H and O–H groups in total. The molecule has 1 atom stereocenters. The average molecular weight is 283 g/mol. The Hall–Kier alpha value is -0.637. The Morgan fingerprint density at radius 1 is 1.33 bits per heavy atom. The van der Waals surface area contributed by atoms with E-state index in [9.17, 15) is 4.79 Å². The number of aldehydes is 1. The minimum atomic E-state index is -0.425. The Bertz CT molecular complexity index is 322. The number of phenols is 2. The Kier molecular flexibility index (Phi) is 8.53. The second-order valence-corrected chi connectivity index (χ2v) is 2.73. The number of halogens is 1. The van der Waals surface area contributed by atoms with Crippen LogP contribution in [0.4, 0.5) is 0 Å². The molecule has 0 aliphatic heterocycles. The van der Waals surface area contributed by atoms with Crippen molar-refractivity contribution in [3.8, 4) is 11.5 Å². The third kappa shape index (κ3) is 4.16. The molecule has 0 aliphatic carbocycles. The van der Waals surface area contributed by atoms with Crippen LogP contribution in [0.3, 0.4) is 0 Å². The van der Waals surface area contributed by atoms with Crippen molar-refractivity contribution in [3.63, 3.8) is 0 Å². The molecular formula is C9H12ClNO3Zn. The number of aromatic hydroxyl groups is 2. The number of hydrogen-bond donors (Lipinski definition) is 3. The van der Waals surface area contributed by atoms with Gasteiger partial charge in [-0.05, 0) is 17.7 Å². The summed E-state index contributed by atoms with van der Waals surface area (Å²) in [4.78, 5) is 10.5. The van der Waals surface area contributed by atoms with Gasteiger partial charge < -0.3 is 20.7 Å². The van der Waals surface area contributed by atoms with Crippen molar-refractivity contribution in [1.29, 1.82) is 0 Å². The zero-order chi connectivity index (χ0) is 9.84. The first-order valence-corrected chi connectivity index (χ1v) is 3.86. The van der Waals surface area contributed by atoms with E-state index in [1.807, 2.05) is 0 Å². The number of nitrogens with two attached hydrogens (primary N) is 1. The molecule has 80 valence electrons. The summed E-state index contributed by atoms with van der Waals surface area (Å²) in [6.45, 7) is 0.188. The van der Waals surface area contributed by atoms with Gasteiger partial charge in [0.1, 0.15) is 6.29 Å². The molecule has 6 heteroatoms. The first kappa shape index (κ1) is 16.8. The van der Waals surface area contributed by atoms with Gasteiger partial charge in [-0.3, -0.25) is 0 Å². The van der Waals surface area contributed by atoms with E-state index in [4.69, 9.17) is 15.9 Å². The molecule has 0 radical (unpaired) electrons. The molecule has 0 spiro atoms. The van der Waals surface area contributed by atoms with Crippen LogP contribution in [-0.2, 0) is 24.3 Å². The average Bonchev–Trinajstić information content (AvgIpc) is 2.13. The molecule has 1 aromatic rings. The summed E-state index contributed by atoms with van der Waals surface area (Å²) in [7, 11) is 0. The largest absolute Gasteiger partial charge is 0.504 e. The first-order valence-electron chi connectivity index (χ1n) is 3.86. The van der Waals surface area contributed by atoms with Gasteiger partial charge in [0.2, 0.25) is 0 Å². The zero-order valence-corrected chi connectivity index (χ0v) is 11.9. The van der Waals surface area contributed by atoms with Gasteiger partial charge in [0, 0.05) is 26.0 Å². The van der Waals surface area contributed by atoms with E-state index in [0.717, 1.165) is 0 Å². The molecule has 0 aromatic heterocycles. The van der Waals surface area contributed by atoms with Gasteiger partial charge in [0.25, 0.3) is 0 Å². The van der Waals surface area contributed by atoms with E-state index in [2.05, 4.69) is 0 Å². The van der Waals surface area contributed by atoms with Crippen molar-refractivity contribution < 1.29 is 34.5 Å². The molecule has 1 rings (SSSR count). The summed E-state index contributed by atoms with van der Waals surface area (Å²) < 4.78 is 0. The van der Waals surface area contributed by atoms with E-state index >= 15 is 0 Å². The van der Waals surface area contributed by atoms with Gasteiger partial charge in [-0.25, -0.2) is 0 Å². The van der Waals surface area contributed by atoms with Crippen molar-refractivity contribution in [2.24, 2.45) is 5.73 Å². The van der Waals surface area contributed by atoms with Gasteiger partial charge >= 0.3 is 0 Å². The maximum atomic E-state index is 10.5. The van der Waals surface area contributed by atoms with Crippen molar-refractivity contribution in [1.82, 2.24) is 0 Å². The van der Waals surface area contributed by atoms with Crippen LogP contribution in [0.2, 0.25) is 0 Å². The normalized spacial score (nSPS) is 10.7.